The molecule has 1 aromatic rings. The number of carbonyl (C=O) groups excluding carboxylic acids is 1. The largest absolute Gasteiger partial charge is 0.324 e. The van der Waals surface area contributed by atoms with Crippen LogP contribution in [0.15, 0.2) is 22.7 Å². The van der Waals surface area contributed by atoms with Crippen molar-refractivity contribution < 1.29 is 4.79 Å². The summed E-state index contributed by atoms with van der Waals surface area (Å²) in [5, 5.41) is 11.6. The van der Waals surface area contributed by atoms with E-state index < -0.39 is 6.04 Å². The van der Waals surface area contributed by atoms with Crippen molar-refractivity contribution in [2.75, 3.05) is 5.32 Å². The zero-order chi connectivity index (χ0) is 12.8. The Hall–Kier alpha value is -1.38. The average Bonchev–Trinajstić information content (AvgIpc) is 2.29. The molecule has 0 spiro atoms. The van der Waals surface area contributed by atoms with Gasteiger partial charge in [0, 0.05) is 4.47 Å². The third-order valence-electron chi connectivity index (χ3n) is 2.30. The third kappa shape index (κ3) is 3.84. The molecule has 0 aromatic heterocycles. The van der Waals surface area contributed by atoms with Gasteiger partial charge in [0.2, 0.25) is 5.91 Å². The Morgan fingerprint density at radius 1 is 1.65 bits per heavy atom. The number of halogens is 1. The number of hydrogen-bond acceptors (Lipinski definition) is 3. The molecule has 90 valence electrons. The first-order valence-corrected chi connectivity index (χ1v) is 6.14. The van der Waals surface area contributed by atoms with Gasteiger partial charge in [0.1, 0.15) is 6.07 Å². The van der Waals surface area contributed by atoms with Gasteiger partial charge in [0.05, 0.1) is 17.3 Å². The van der Waals surface area contributed by atoms with Gasteiger partial charge < -0.3 is 11.1 Å². The van der Waals surface area contributed by atoms with Crippen molar-refractivity contribution in [1.82, 2.24) is 0 Å². The lowest BCUT2D eigenvalue weighted by Gasteiger charge is -2.12. The number of rotatable bonds is 4. The monoisotopic (exact) mass is 295 g/mol. The minimum Gasteiger partial charge on any atom is -0.324 e. The standard InChI is InChI=1S/C12H14BrN3O/c1-2-3-10(15)12(17)16-11-6-9(13)5-4-8(11)7-14/h4-6,10H,2-3,15H2,1H3,(H,16,17)/t10-/m0/s1. The van der Waals surface area contributed by atoms with Gasteiger partial charge in [-0.1, -0.05) is 29.3 Å². The van der Waals surface area contributed by atoms with Crippen LogP contribution in [0.5, 0.6) is 0 Å². The summed E-state index contributed by atoms with van der Waals surface area (Å²) in [6, 6.07) is 6.57. The molecular weight excluding hydrogens is 282 g/mol. The van der Waals surface area contributed by atoms with E-state index in [-0.39, 0.29) is 5.91 Å². The van der Waals surface area contributed by atoms with E-state index in [1.807, 2.05) is 13.0 Å². The topological polar surface area (TPSA) is 78.9 Å². The highest BCUT2D eigenvalue weighted by Gasteiger charge is 2.14. The van der Waals surface area contributed by atoms with E-state index in [4.69, 9.17) is 11.0 Å². The quantitative estimate of drug-likeness (QED) is 0.895. The van der Waals surface area contributed by atoms with Gasteiger partial charge in [-0.15, -0.1) is 0 Å². The lowest BCUT2D eigenvalue weighted by molar-refractivity contribution is -0.117. The Bertz CT molecular complexity index is 454. The van der Waals surface area contributed by atoms with Crippen molar-refractivity contribution >= 4 is 27.5 Å². The number of carbonyl (C=O) groups is 1. The summed E-state index contributed by atoms with van der Waals surface area (Å²) in [6.07, 6.45) is 1.47. The number of nitrogens with two attached hydrogens (primary N) is 1. The number of hydrogen-bond donors (Lipinski definition) is 2. The van der Waals surface area contributed by atoms with E-state index in [0.29, 0.717) is 17.7 Å². The molecule has 0 heterocycles. The summed E-state index contributed by atoms with van der Waals surface area (Å²) in [5.41, 5.74) is 6.60. The number of anilines is 1. The van der Waals surface area contributed by atoms with E-state index in [1.165, 1.54) is 0 Å². The third-order valence-corrected chi connectivity index (χ3v) is 2.79. The fourth-order valence-corrected chi connectivity index (χ4v) is 1.75. The highest BCUT2D eigenvalue weighted by molar-refractivity contribution is 9.10. The maximum absolute atomic E-state index is 11.7. The Labute approximate surface area is 109 Å². The molecule has 0 saturated carbocycles. The lowest BCUT2D eigenvalue weighted by Crippen LogP contribution is -2.35. The molecule has 4 nitrogen and oxygen atoms in total. The van der Waals surface area contributed by atoms with Crippen LogP contribution in [0.25, 0.3) is 0 Å². The number of benzene rings is 1. The number of nitrogens with one attached hydrogen (secondary N) is 1. The van der Waals surface area contributed by atoms with Gasteiger partial charge in [0.25, 0.3) is 0 Å². The highest BCUT2D eigenvalue weighted by atomic mass is 79.9. The maximum Gasteiger partial charge on any atom is 0.241 e. The molecule has 0 aliphatic carbocycles. The van der Waals surface area contributed by atoms with Gasteiger partial charge in [-0.25, -0.2) is 0 Å². The molecule has 1 aromatic carbocycles. The van der Waals surface area contributed by atoms with Gasteiger partial charge in [0.15, 0.2) is 0 Å². The van der Waals surface area contributed by atoms with E-state index in [1.54, 1.807) is 18.2 Å². The summed E-state index contributed by atoms with van der Waals surface area (Å²) in [6.45, 7) is 1.97. The molecule has 0 saturated heterocycles. The van der Waals surface area contributed by atoms with E-state index in [2.05, 4.69) is 21.2 Å². The predicted molar refractivity (Wildman–Crippen MR) is 70.4 cm³/mol. The minimum absolute atomic E-state index is 0.263. The van der Waals surface area contributed by atoms with Crippen LogP contribution in [-0.2, 0) is 4.79 Å². The van der Waals surface area contributed by atoms with Gasteiger partial charge in [-0.05, 0) is 24.6 Å². The maximum atomic E-state index is 11.7. The molecule has 0 unspecified atom stereocenters. The second-order valence-electron chi connectivity index (χ2n) is 3.69. The van der Waals surface area contributed by atoms with Gasteiger partial charge >= 0.3 is 0 Å². The molecule has 0 fully saturated rings. The van der Waals surface area contributed by atoms with Gasteiger partial charge in [-0.3, -0.25) is 4.79 Å². The number of amides is 1. The van der Waals surface area contributed by atoms with Crippen molar-refractivity contribution in [3.05, 3.63) is 28.2 Å². The van der Waals surface area contributed by atoms with Crippen molar-refractivity contribution in [2.24, 2.45) is 5.73 Å². The van der Waals surface area contributed by atoms with E-state index >= 15 is 0 Å². The molecule has 1 amide bonds. The molecule has 17 heavy (non-hydrogen) atoms. The second-order valence-corrected chi connectivity index (χ2v) is 4.60. The first kappa shape index (κ1) is 13.7. The predicted octanol–water partition coefficient (Wildman–Crippen LogP) is 2.39. The molecule has 0 aliphatic heterocycles. The molecule has 1 atom stereocenters. The highest BCUT2D eigenvalue weighted by Crippen LogP contribution is 2.21. The molecule has 0 aliphatic rings. The number of nitriles is 1. The summed E-state index contributed by atoms with van der Waals surface area (Å²) in [5.74, 6) is -0.263. The van der Waals surface area contributed by atoms with Crippen molar-refractivity contribution in [2.45, 2.75) is 25.8 Å². The zero-order valence-electron chi connectivity index (χ0n) is 9.53. The van der Waals surface area contributed by atoms with E-state index in [0.717, 1.165) is 10.9 Å². The van der Waals surface area contributed by atoms with Crippen LogP contribution in [0.3, 0.4) is 0 Å². The Balaban J connectivity index is 2.84. The van der Waals surface area contributed by atoms with Gasteiger partial charge in [-0.2, -0.15) is 5.26 Å². The zero-order valence-corrected chi connectivity index (χ0v) is 11.1. The van der Waals surface area contributed by atoms with Crippen molar-refractivity contribution in [1.29, 1.82) is 5.26 Å². The molecule has 1 rings (SSSR count). The van der Waals surface area contributed by atoms with Crippen LogP contribution in [-0.4, -0.2) is 11.9 Å². The average molecular weight is 296 g/mol. The summed E-state index contributed by atoms with van der Waals surface area (Å²) in [7, 11) is 0. The summed E-state index contributed by atoms with van der Waals surface area (Å²) in [4.78, 5) is 11.7. The van der Waals surface area contributed by atoms with Crippen molar-refractivity contribution in [3.8, 4) is 6.07 Å². The normalized spacial score (nSPS) is 11.6. The molecule has 0 radical (unpaired) electrons. The molecule has 0 bridgehead atoms. The molecular formula is C12H14BrN3O. The molecule has 3 N–H and O–H groups in total. The SMILES string of the molecule is CCC[C@H](N)C(=O)Nc1cc(Br)ccc1C#N. The van der Waals surface area contributed by atoms with Crippen LogP contribution in [0.2, 0.25) is 0 Å². The Morgan fingerprint density at radius 2 is 2.35 bits per heavy atom. The number of nitrogens with zero attached hydrogens (tertiary/aromatic N) is 1. The van der Waals surface area contributed by atoms with Crippen LogP contribution >= 0.6 is 15.9 Å². The summed E-state index contributed by atoms with van der Waals surface area (Å²) < 4.78 is 0.802. The fourth-order valence-electron chi connectivity index (χ4n) is 1.38. The van der Waals surface area contributed by atoms with E-state index in [9.17, 15) is 4.79 Å². The fraction of sp³-hybridized carbons (Fsp3) is 0.333. The minimum atomic E-state index is -0.537. The molecule has 5 heteroatoms. The van der Waals surface area contributed by atoms with Crippen LogP contribution in [0.4, 0.5) is 5.69 Å². The smallest absolute Gasteiger partial charge is 0.241 e. The first-order valence-electron chi connectivity index (χ1n) is 5.34. The van der Waals surface area contributed by atoms with Crippen LogP contribution < -0.4 is 11.1 Å². The Morgan fingerprint density at radius 3 is 2.94 bits per heavy atom. The first-order chi connectivity index (χ1) is 8.08. The van der Waals surface area contributed by atoms with Crippen LogP contribution in [0, 0.1) is 11.3 Å². The Kier molecular flexibility index (Phi) is 5.13. The van der Waals surface area contributed by atoms with Crippen molar-refractivity contribution in [3.63, 3.8) is 0 Å². The lowest BCUT2D eigenvalue weighted by atomic mass is 10.1. The summed E-state index contributed by atoms with van der Waals surface area (Å²) >= 11 is 3.29. The second kappa shape index (κ2) is 6.38. The van der Waals surface area contributed by atoms with Crippen LogP contribution in [0.1, 0.15) is 25.3 Å².